The molecule has 0 N–H and O–H groups in total. The molecule has 0 spiro atoms. The van der Waals surface area contributed by atoms with E-state index < -0.39 is 21.1 Å². The fourth-order valence-corrected chi connectivity index (χ4v) is 0. The zero-order valence-electron chi connectivity index (χ0n) is 2.41. The van der Waals surface area contributed by atoms with Gasteiger partial charge in [-0.2, -0.15) is 0 Å². The van der Waals surface area contributed by atoms with Gasteiger partial charge in [-0.3, -0.25) is 0 Å². The molecule has 0 saturated carbocycles. The van der Waals surface area contributed by atoms with Gasteiger partial charge >= 0.3 is 32.4 Å². The molecule has 0 radical (unpaired) electrons. The summed E-state index contributed by atoms with van der Waals surface area (Å²) in [4.78, 5) is 0. The summed E-state index contributed by atoms with van der Waals surface area (Å²) in [5.41, 5.74) is 0. The van der Waals surface area contributed by atoms with Crippen LogP contribution >= 0.6 is 0 Å². The van der Waals surface area contributed by atoms with Crippen molar-refractivity contribution in [1.82, 2.24) is 0 Å². The molecule has 0 aromatic carbocycles. The molecule has 0 aromatic rings. The first kappa shape index (κ1) is 10.3. The average molecular weight is 327 g/mol. The van der Waals surface area contributed by atoms with Gasteiger partial charge in [0.25, 0.3) is 0 Å². The van der Waals surface area contributed by atoms with Crippen molar-refractivity contribution < 1.29 is 35.2 Å². The van der Waals surface area contributed by atoms with Crippen molar-refractivity contribution in [3.8, 4) is 0 Å². The molecule has 0 heterocycles. The molecular formula is H2F4ISb. The van der Waals surface area contributed by atoms with E-state index in [1.165, 1.54) is 0 Å². The second kappa shape index (κ2) is 3.29. The summed E-state index contributed by atoms with van der Waals surface area (Å²) in [6, 6.07) is 0. The maximum atomic E-state index is 9.89. The summed E-state index contributed by atoms with van der Waals surface area (Å²) in [7, 11) is 0. The van der Waals surface area contributed by atoms with Crippen LogP contribution in [0.1, 0.15) is 0 Å². The molecule has 0 saturated heterocycles. The van der Waals surface area contributed by atoms with Crippen LogP contribution < -0.4 is 24.0 Å². The molecule has 6 heteroatoms. The molecule has 0 rings (SSSR count). The Morgan fingerprint density at radius 3 is 0.833 bits per heavy atom. The molecule has 0 aliphatic carbocycles. The standard InChI is InChI=1S/4FH.H2I.Sb/h4*1H;1H2;/q;;;;+1;+3/p-4. The second-order valence-corrected chi connectivity index (χ2v) is 2.57. The fraction of sp³-hybridized carbons (Fsp3) is 0. The van der Waals surface area contributed by atoms with E-state index in [9.17, 15) is 11.3 Å². The molecule has 0 atom stereocenters. The van der Waals surface area contributed by atoms with Crippen molar-refractivity contribution in [2.24, 2.45) is 0 Å². The number of hydrogen-bond acceptors (Lipinski definition) is 0. The van der Waals surface area contributed by atoms with E-state index in [1.54, 1.807) is 0 Å². The summed E-state index contributed by atoms with van der Waals surface area (Å²) < 4.78 is 39.6. The van der Waals surface area contributed by atoms with Crippen molar-refractivity contribution in [3.05, 3.63) is 0 Å². The zero-order chi connectivity index (χ0) is 4.50. The van der Waals surface area contributed by atoms with Gasteiger partial charge < -0.3 is 0 Å². The summed E-state index contributed by atoms with van der Waals surface area (Å²) in [5.74, 6) is 0. The van der Waals surface area contributed by atoms with Gasteiger partial charge in [0.15, 0.2) is 0 Å². The minimum atomic E-state index is -7.10. The Hall–Kier alpha value is 1.27. The third-order valence-electron chi connectivity index (χ3n) is 0. The van der Waals surface area contributed by atoms with E-state index in [0.29, 0.717) is 0 Å². The van der Waals surface area contributed by atoms with Crippen molar-refractivity contribution in [2.75, 3.05) is 0 Å². The molecule has 0 bridgehead atoms. The van der Waals surface area contributed by atoms with E-state index >= 15 is 0 Å². The molecule has 0 amide bonds. The minimum absolute atomic E-state index is 0. The Kier molecular flexibility index (Phi) is 5.65. The Morgan fingerprint density at radius 1 is 0.833 bits per heavy atom. The second-order valence-electron chi connectivity index (χ2n) is 0.383. The SMILES string of the molecule is [F][Sb-]([F])([F])[F].[IH2+]. The number of rotatable bonds is 0. The predicted octanol–water partition coefficient (Wildman–Crippen LogP) is -2.23. The largest absolute Gasteiger partial charge is 0.235 e. The van der Waals surface area contributed by atoms with Crippen LogP contribution in [0.2, 0.25) is 0 Å². The predicted molar refractivity (Wildman–Crippen MR) is 13.0 cm³/mol. The summed E-state index contributed by atoms with van der Waals surface area (Å²) >= 11 is -7.10. The summed E-state index contributed by atoms with van der Waals surface area (Å²) in [6.07, 6.45) is 0. The van der Waals surface area contributed by atoms with Crippen LogP contribution in [0.25, 0.3) is 0 Å². The third-order valence-corrected chi connectivity index (χ3v) is 0. The minimum Gasteiger partial charge on any atom is 0.235 e. The fourth-order valence-electron chi connectivity index (χ4n) is 0. The molecule has 6 heavy (non-hydrogen) atoms. The first-order valence-electron chi connectivity index (χ1n) is 0.676. The van der Waals surface area contributed by atoms with Gasteiger partial charge in [0.05, 0.1) is 0 Å². The summed E-state index contributed by atoms with van der Waals surface area (Å²) in [5, 5.41) is 0. The average Bonchev–Trinajstić information content (AvgIpc) is 0.722. The normalized spacial score (nSPS) is 12.7. The Balaban J connectivity index is 0. The van der Waals surface area contributed by atoms with Crippen LogP contribution in [0.15, 0.2) is 0 Å². The quantitative estimate of drug-likeness (QED) is 0.269. The Bertz CT molecular complexity index is 23.0. The molecule has 0 fully saturated rings. The monoisotopic (exact) mass is 326 g/mol. The first-order chi connectivity index (χ1) is 2.00. The van der Waals surface area contributed by atoms with Crippen LogP contribution in [0.3, 0.4) is 0 Å². The summed E-state index contributed by atoms with van der Waals surface area (Å²) in [6.45, 7) is 0. The van der Waals surface area contributed by atoms with E-state index in [4.69, 9.17) is 0 Å². The van der Waals surface area contributed by atoms with Crippen molar-refractivity contribution >= 4 is 21.1 Å². The van der Waals surface area contributed by atoms with Gasteiger partial charge in [0.2, 0.25) is 24.0 Å². The molecule has 0 aliphatic rings. The molecular weight excluding hydrogens is 325 g/mol. The molecule has 0 aromatic heterocycles. The first-order valence-corrected chi connectivity index (χ1v) is 4.54. The van der Waals surface area contributed by atoms with E-state index in [-0.39, 0.29) is 24.0 Å². The molecule has 0 aliphatic heterocycles. The Labute approximate surface area is 56.1 Å². The topological polar surface area (TPSA) is 0 Å². The molecule has 0 unspecified atom stereocenters. The van der Waals surface area contributed by atoms with Gasteiger partial charge in [-0.05, 0) is 0 Å². The Morgan fingerprint density at radius 2 is 0.833 bits per heavy atom. The van der Waals surface area contributed by atoms with Crippen molar-refractivity contribution in [1.29, 1.82) is 0 Å². The van der Waals surface area contributed by atoms with Gasteiger partial charge in [0, 0.05) is 0 Å². The maximum Gasteiger partial charge on any atom is 0.235 e. The van der Waals surface area contributed by atoms with Crippen LogP contribution in [-0.2, 0) is 0 Å². The molecule has 42 valence electrons. The van der Waals surface area contributed by atoms with Crippen molar-refractivity contribution in [3.63, 3.8) is 0 Å². The van der Waals surface area contributed by atoms with Crippen molar-refractivity contribution in [2.45, 2.75) is 0 Å². The smallest absolute Gasteiger partial charge is 0.235 e. The van der Waals surface area contributed by atoms with E-state index in [0.717, 1.165) is 0 Å². The van der Waals surface area contributed by atoms with Gasteiger partial charge in [0.1, 0.15) is 0 Å². The molecule has 0 nitrogen and oxygen atoms in total. The van der Waals surface area contributed by atoms with Crippen LogP contribution in [0.4, 0.5) is 11.3 Å². The third kappa shape index (κ3) is 59.7. The van der Waals surface area contributed by atoms with Gasteiger partial charge in [-0.1, -0.05) is 0 Å². The maximum absolute atomic E-state index is 9.89. The van der Waals surface area contributed by atoms with E-state index in [1.807, 2.05) is 0 Å². The van der Waals surface area contributed by atoms with Gasteiger partial charge in [-0.25, -0.2) is 0 Å². The number of halogens is 5. The zero-order valence-corrected chi connectivity index (χ0v) is 7.51. The van der Waals surface area contributed by atoms with Crippen LogP contribution in [0.5, 0.6) is 0 Å². The van der Waals surface area contributed by atoms with Crippen LogP contribution in [0, 0.1) is 0 Å². The van der Waals surface area contributed by atoms with Crippen LogP contribution in [-0.4, -0.2) is 21.1 Å². The van der Waals surface area contributed by atoms with Gasteiger partial charge in [-0.15, -0.1) is 0 Å². The number of hydrogen-bond donors (Lipinski definition) is 0. The van der Waals surface area contributed by atoms with E-state index in [2.05, 4.69) is 0 Å².